The van der Waals surface area contributed by atoms with Crippen molar-refractivity contribution in [3.63, 3.8) is 0 Å². The van der Waals surface area contributed by atoms with Crippen LogP contribution in [0.4, 0.5) is 13.2 Å². The van der Waals surface area contributed by atoms with Crippen LogP contribution in [0.1, 0.15) is 10.4 Å². The van der Waals surface area contributed by atoms with E-state index in [0.717, 1.165) is 17.4 Å². The number of carboxylic acids is 1. The van der Waals surface area contributed by atoms with Crippen LogP contribution < -0.4 is 0 Å². The summed E-state index contributed by atoms with van der Waals surface area (Å²) in [5.74, 6) is -1.04. The van der Waals surface area contributed by atoms with Crippen LogP contribution >= 0.6 is 11.3 Å². The number of nitrogens with zero attached hydrogens (tertiary/aromatic N) is 1. The number of halogens is 3. The molecule has 0 fully saturated rings. The van der Waals surface area contributed by atoms with E-state index in [2.05, 4.69) is 4.98 Å². The lowest BCUT2D eigenvalue weighted by Gasteiger charge is -2.10. The van der Waals surface area contributed by atoms with Crippen LogP contribution in [0.15, 0.2) is 30.5 Å². The molecular formula is C12H8F3NO2S. The fraction of sp³-hybridized carbons (Fsp3) is 0.167. The van der Waals surface area contributed by atoms with E-state index in [0.29, 0.717) is 4.88 Å². The Bertz CT molecular complexity index is 607. The number of carbonyl (C=O) groups is 1. The number of thiazole rings is 1. The maximum Gasteiger partial charge on any atom is 0.417 e. The molecule has 0 aliphatic heterocycles. The molecule has 3 nitrogen and oxygen atoms in total. The maximum absolute atomic E-state index is 12.8. The van der Waals surface area contributed by atoms with Crippen molar-refractivity contribution in [2.75, 3.05) is 0 Å². The molecule has 0 amide bonds. The standard InChI is InChI=1S/C12H8F3NO2S/c13-12(14,15)9-4-2-1-3-8(9)11-16-6-7(19-11)5-10(17)18/h1-4,6H,5H2,(H,17,18). The number of carboxylic acid groups (broad SMARTS) is 1. The van der Waals surface area contributed by atoms with Crippen molar-refractivity contribution in [2.24, 2.45) is 0 Å². The molecule has 0 saturated carbocycles. The molecule has 1 heterocycles. The first-order valence-electron chi connectivity index (χ1n) is 5.21. The van der Waals surface area contributed by atoms with Gasteiger partial charge in [-0.25, -0.2) is 4.98 Å². The highest BCUT2D eigenvalue weighted by atomic mass is 32.1. The smallest absolute Gasteiger partial charge is 0.417 e. The Hall–Kier alpha value is -1.89. The maximum atomic E-state index is 12.8. The Morgan fingerprint density at radius 3 is 2.63 bits per heavy atom. The minimum absolute atomic E-state index is 0.0309. The summed E-state index contributed by atoms with van der Waals surface area (Å²) in [6, 6.07) is 5.10. The molecule has 0 bridgehead atoms. The fourth-order valence-electron chi connectivity index (χ4n) is 1.58. The van der Waals surface area contributed by atoms with Crippen LogP contribution in [-0.4, -0.2) is 16.1 Å². The predicted octanol–water partition coefficient (Wildman–Crippen LogP) is 3.46. The highest BCUT2D eigenvalue weighted by Gasteiger charge is 2.34. The number of hydrogen-bond acceptors (Lipinski definition) is 3. The van der Waals surface area contributed by atoms with Crippen LogP contribution in [0.25, 0.3) is 10.6 Å². The van der Waals surface area contributed by atoms with E-state index in [1.54, 1.807) is 0 Å². The lowest BCUT2D eigenvalue weighted by atomic mass is 10.1. The van der Waals surface area contributed by atoms with Crippen LogP contribution in [-0.2, 0) is 17.4 Å². The molecule has 7 heteroatoms. The number of aliphatic carboxylic acids is 1. The second kappa shape index (κ2) is 5.00. The Balaban J connectivity index is 2.42. The molecular weight excluding hydrogens is 279 g/mol. The van der Waals surface area contributed by atoms with Gasteiger partial charge in [0.25, 0.3) is 0 Å². The monoisotopic (exact) mass is 287 g/mol. The highest BCUT2D eigenvalue weighted by molar-refractivity contribution is 7.15. The molecule has 0 spiro atoms. The minimum atomic E-state index is -4.46. The first-order chi connectivity index (χ1) is 8.88. The van der Waals surface area contributed by atoms with Crippen LogP contribution in [0, 0.1) is 0 Å². The lowest BCUT2D eigenvalue weighted by Crippen LogP contribution is -2.06. The zero-order valence-electron chi connectivity index (χ0n) is 9.44. The molecule has 0 unspecified atom stereocenters. The molecule has 1 N–H and O–H groups in total. The summed E-state index contributed by atoms with van der Waals surface area (Å²) in [7, 11) is 0. The first kappa shape index (κ1) is 13.5. The zero-order chi connectivity index (χ0) is 14.0. The van der Waals surface area contributed by atoms with Crippen LogP contribution in [0.5, 0.6) is 0 Å². The SMILES string of the molecule is O=C(O)Cc1cnc(-c2ccccc2C(F)(F)F)s1. The Morgan fingerprint density at radius 1 is 1.32 bits per heavy atom. The van der Waals surface area contributed by atoms with Gasteiger partial charge in [-0.15, -0.1) is 11.3 Å². The third-order valence-corrected chi connectivity index (χ3v) is 3.37. The molecule has 2 aromatic rings. The molecule has 100 valence electrons. The summed E-state index contributed by atoms with van der Waals surface area (Å²) >= 11 is 0.953. The third-order valence-electron chi connectivity index (χ3n) is 2.34. The Morgan fingerprint density at radius 2 is 2.00 bits per heavy atom. The second-order valence-electron chi connectivity index (χ2n) is 3.75. The topological polar surface area (TPSA) is 50.2 Å². The van der Waals surface area contributed by atoms with E-state index in [-0.39, 0.29) is 17.0 Å². The molecule has 0 radical (unpaired) electrons. The third kappa shape index (κ3) is 3.11. The molecule has 1 aromatic carbocycles. The van der Waals surface area contributed by atoms with Gasteiger partial charge in [-0.05, 0) is 6.07 Å². The lowest BCUT2D eigenvalue weighted by molar-refractivity contribution is -0.137. The summed E-state index contributed by atoms with van der Waals surface area (Å²) < 4.78 is 38.5. The van der Waals surface area contributed by atoms with Crippen molar-refractivity contribution in [1.29, 1.82) is 0 Å². The number of hydrogen-bond donors (Lipinski definition) is 1. The zero-order valence-corrected chi connectivity index (χ0v) is 10.3. The largest absolute Gasteiger partial charge is 0.481 e. The van der Waals surface area contributed by atoms with Gasteiger partial charge in [-0.1, -0.05) is 18.2 Å². The van der Waals surface area contributed by atoms with Crippen molar-refractivity contribution >= 4 is 17.3 Å². The molecule has 0 aliphatic rings. The van der Waals surface area contributed by atoms with Crippen molar-refractivity contribution in [3.05, 3.63) is 40.9 Å². The van der Waals surface area contributed by atoms with Crippen LogP contribution in [0.3, 0.4) is 0 Å². The fourth-order valence-corrected chi connectivity index (χ4v) is 2.52. The number of alkyl halides is 3. The molecule has 0 saturated heterocycles. The average molecular weight is 287 g/mol. The summed E-state index contributed by atoms with van der Waals surface area (Å²) in [4.78, 5) is 14.8. The van der Waals surface area contributed by atoms with E-state index in [9.17, 15) is 18.0 Å². The van der Waals surface area contributed by atoms with Crippen molar-refractivity contribution in [2.45, 2.75) is 12.6 Å². The normalized spacial score (nSPS) is 11.5. The number of aromatic nitrogens is 1. The summed E-state index contributed by atoms with van der Waals surface area (Å²) in [6.07, 6.45) is -3.41. The Kier molecular flexibility index (Phi) is 3.57. The predicted molar refractivity (Wildman–Crippen MR) is 63.9 cm³/mol. The molecule has 0 atom stereocenters. The van der Waals surface area contributed by atoms with E-state index < -0.39 is 17.7 Å². The first-order valence-corrected chi connectivity index (χ1v) is 6.02. The minimum Gasteiger partial charge on any atom is -0.481 e. The molecule has 2 rings (SSSR count). The van der Waals surface area contributed by atoms with Crippen molar-refractivity contribution in [3.8, 4) is 10.6 Å². The molecule has 19 heavy (non-hydrogen) atoms. The van der Waals surface area contributed by atoms with E-state index in [1.165, 1.54) is 24.4 Å². The van der Waals surface area contributed by atoms with Crippen molar-refractivity contribution in [1.82, 2.24) is 4.98 Å². The van der Waals surface area contributed by atoms with Gasteiger partial charge in [0.15, 0.2) is 0 Å². The second-order valence-corrected chi connectivity index (χ2v) is 4.86. The van der Waals surface area contributed by atoms with Crippen molar-refractivity contribution < 1.29 is 23.1 Å². The van der Waals surface area contributed by atoms with Gasteiger partial charge in [0.1, 0.15) is 5.01 Å². The molecule has 1 aromatic heterocycles. The molecule has 0 aliphatic carbocycles. The van der Waals surface area contributed by atoms with Crippen LogP contribution in [0.2, 0.25) is 0 Å². The summed E-state index contributed by atoms with van der Waals surface area (Å²) in [6.45, 7) is 0. The van der Waals surface area contributed by atoms with Gasteiger partial charge < -0.3 is 5.11 Å². The van der Waals surface area contributed by atoms with E-state index in [4.69, 9.17) is 5.11 Å². The number of rotatable bonds is 3. The van der Waals surface area contributed by atoms with E-state index in [1.807, 2.05) is 0 Å². The van der Waals surface area contributed by atoms with Gasteiger partial charge in [-0.3, -0.25) is 4.79 Å². The van der Waals surface area contributed by atoms with Gasteiger partial charge in [-0.2, -0.15) is 13.2 Å². The number of benzene rings is 1. The average Bonchev–Trinajstić information content (AvgIpc) is 2.75. The van der Waals surface area contributed by atoms with Gasteiger partial charge in [0, 0.05) is 16.6 Å². The summed E-state index contributed by atoms with van der Waals surface area (Å²) in [5, 5.41) is 8.80. The highest BCUT2D eigenvalue weighted by Crippen LogP contribution is 2.38. The van der Waals surface area contributed by atoms with Gasteiger partial charge in [0.2, 0.25) is 0 Å². The quantitative estimate of drug-likeness (QED) is 0.940. The van der Waals surface area contributed by atoms with Gasteiger partial charge in [0.05, 0.1) is 12.0 Å². The van der Waals surface area contributed by atoms with E-state index >= 15 is 0 Å². The van der Waals surface area contributed by atoms with Gasteiger partial charge >= 0.3 is 12.1 Å². The Labute approximate surface area is 110 Å². The summed E-state index contributed by atoms with van der Waals surface area (Å²) in [5.41, 5.74) is -0.803.